The highest BCUT2D eigenvalue weighted by molar-refractivity contribution is 9.10. The SMILES string of the molecule is COc1cc(OC)c(S(=O)(=O)N2CCCNCC2)cc1Br.Cl. The van der Waals surface area contributed by atoms with E-state index in [-0.39, 0.29) is 23.1 Å². The molecule has 6 nitrogen and oxygen atoms in total. The molecule has 0 aromatic heterocycles. The van der Waals surface area contributed by atoms with E-state index in [1.54, 1.807) is 6.07 Å². The Bertz CT molecular complexity index is 604. The Morgan fingerprint density at radius 2 is 1.82 bits per heavy atom. The molecule has 0 bridgehead atoms. The van der Waals surface area contributed by atoms with Gasteiger partial charge in [-0.15, -0.1) is 12.4 Å². The molecule has 0 unspecified atom stereocenters. The van der Waals surface area contributed by atoms with Gasteiger partial charge < -0.3 is 14.8 Å². The predicted molar refractivity (Wildman–Crippen MR) is 90.7 cm³/mol. The zero-order valence-electron chi connectivity index (χ0n) is 12.5. The molecule has 1 N–H and O–H groups in total. The molecule has 1 saturated heterocycles. The van der Waals surface area contributed by atoms with Gasteiger partial charge in [-0.1, -0.05) is 0 Å². The zero-order valence-corrected chi connectivity index (χ0v) is 15.7. The number of sulfonamides is 1. The number of nitrogens with zero attached hydrogens (tertiary/aromatic N) is 1. The van der Waals surface area contributed by atoms with Crippen LogP contribution < -0.4 is 14.8 Å². The summed E-state index contributed by atoms with van der Waals surface area (Å²) >= 11 is 3.33. The fourth-order valence-electron chi connectivity index (χ4n) is 2.23. The fourth-order valence-corrected chi connectivity index (χ4v) is 4.53. The Hall–Kier alpha value is -0.540. The molecule has 1 aliphatic rings. The van der Waals surface area contributed by atoms with E-state index >= 15 is 0 Å². The number of rotatable bonds is 4. The van der Waals surface area contributed by atoms with Crippen molar-refractivity contribution in [3.63, 3.8) is 0 Å². The summed E-state index contributed by atoms with van der Waals surface area (Å²) < 4.78 is 38.1. The number of halogens is 2. The zero-order chi connectivity index (χ0) is 15.5. The van der Waals surface area contributed by atoms with E-state index in [4.69, 9.17) is 9.47 Å². The lowest BCUT2D eigenvalue weighted by Crippen LogP contribution is -2.34. The molecule has 0 amide bonds. The van der Waals surface area contributed by atoms with Crippen LogP contribution in [0.1, 0.15) is 6.42 Å². The van der Waals surface area contributed by atoms with Crippen LogP contribution in [0.5, 0.6) is 11.5 Å². The minimum atomic E-state index is -3.59. The number of ether oxygens (including phenoxy) is 2. The predicted octanol–water partition coefficient (Wildman–Crippen LogP) is 1.87. The highest BCUT2D eigenvalue weighted by atomic mass is 79.9. The standard InChI is InChI=1S/C13H19BrN2O4S.ClH/c1-19-11-9-12(20-2)13(8-10(11)14)21(17,18)16-6-3-4-15-5-7-16;/h8-9,15H,3-7H2,1-2H3;1H. The van der Waals surface area contributed by atoms with Gasteiger partial charge in [0, 0.05) is 25.7 Å². The summed E-state index contributed by atoms with van der Waals surface area (Å²) in [5.41, 5.74) is 0. The maximum atomic E-state index is 12.8. The number of nitrogens with one attached hydrogen (secondary N) is 1. The van der Waals surface area contributed by atoms with Crippen LogP contribution >= 0.6 is 28.3 Å². The number of hydrogen-bond donors (Lipinski definition) is 1. The molecule has 9 heteroatoms. The maximum Gasteiger partial charge on any atom is 0.246 e. The van der Waals surface area contributed by atoms with Gasteiger partial charge in [0.15, 0.2) is 0 Å². The number of methoxy groups -OCH3 is 2. The molecule has 0 saturated carbocycles. The van der Waals surface area contributed by atoms with Gasteiger partial charge in [0.2, 0.25) is 10.0 Å². The second-order valence-corrected chi connectivity index (χ2v) is 7.41. The lowest BCUT2D eigenvalue weighted by atomic mass is 10.3. The second kappa shape index (κ2) is 8.35. The molecule has 1 fully saturated rings. The third-order valence-corrected chi connectivity index (χ3v) is 5.89. The molecular weight excluding hydrogens is 396 g/mol. The van der Waals surface area contributed by atoms with Crippen molar-refractivity contribution in [3.8, 4) is 11.5 Å². The van der Waals surface area contributed by atoms with Crippen LogP contribution in [0.2, 0.25) is 0 Å². The Labute approximate surface area is 145 Å². The van der Waals surface area contributed by atoms with E-state index in [0.717, 1.165) is 13.0 Å². The molecule has 126 valence electrons. The highest BCUT2D eigenvalue weighted by Crippen LogP contribution is 2.36. The molecule has 22 heavy (non-hydrogen) atoms. The molecule has 1 heterocycles. The van der Waals surface area contributed by atoms with Gasteiger partial charge in [-0.25, -0.2) is 8.42 Å². The first-order valence-corrected chi connectivity index (χ1v) is 8.86. The minimum Gasteiger partial charge on any atom is -0.495 e. The van der Waals surface area contributed by atoms with E-state index in [9.17, 15) is 8.42 Å². The van der Waals surface area contributed by atoms with E-state index in [0.29, 0.717) is 29.9 Å². The average molecular weight is 416 g/mol. The first-order valence-electron chi connectivity index (χ1n) is 6.63. The average Bonchev–Trinajstić information content (AvgIpc) is 2.76. The molecule has 2 rings (SSSR count). The van der Waals surface area contributed by atoms with Crippen LogP contribution in [0, 0.1) is 0 Å². The Morgan fingerprint density at radius 3 is 2.45 bits per heavy atom. The maximum absolute atomic E-state index is 12.8. The van der Waals surface area contributed by atoms with Gasteiger partial charge in [0.05, 0.1) is 18.7 Å². The summed E-state index contributed by atoms with van der Waals surface area (Å²) in [6, 6.07) is 3.11. The summed E-state index contributed by atoms with van der Waals surface area (Å²) in [7, 11) is -0.621. The van der Waals surface area contributed by atoms with Crippen LogP contribution in [0.3, 0.4) is 0 Å². The van der Waals surface area contributed by atoms with Crippen molar-refractivity contribution in [3.05, 3.63) is 16.6 Å². The van der Waals surface area contributed by atoms with Gasteiger partial charge >= 0.3 is 0 Å². The normalized spacial score (nSPS) is 16.5. The topological polar surface area (TPSA) is 67.9 Å². The fraction of sp³-hybridized carbons (Fsp3) is 0.538. The molecule has 0 spiro atoms. The van der Waals surface area contributed by atoms with Crippen LogP contribution in [0.4, 0.5) is 0 Å². The van der Waals surface area contributed by atoms with Crippen molar-refractivity contribution in [1.82, 2.24) is 9.62 Å². The smallest absolute Gasteiger partial charge is 0.246 e. The lowest BCUT2D eigenvalue weighted by molar-refractivity contribution is 0.379. The lowest BCUT2D eigenvalue weighted by Gasteiger charge is -2.21. The van der Waals surface area contributed by atoms with E-state index < -0.39 is 10.0 Å². The number of hydrogen-bond acceptors (Lipinski definition) is 5. The summed E-state index contributed by atoms with van der Waals surface area (Å²) in [4.78, 5) is 0.152. The van der Waals surface area contributed by atoms with Crippen molar-refractivity contribution in [2.75, 3.05) is 40.4 Å². The Kier molecular flexibility index (Phi) is 7.40. The van der Waals surface area contributed by atoms with Crippen molar-refractivity contribution < 1.29 is 17.9 Å². The van der Waals surface area contributed by atoms with E-state index in [1.165, 1.54) is 24.6 Å². The molecule has 1 aromatic carbocycles. The highest BCUT2D eigenvalue weighted by Gasteiger charge is 2.29. The van der Waals surface area contributed by atoms with Gasteiger partial charge in [0.1, 0.15) is 16.4 Å². The molecular formula is C13H20BrClN2O4S. The van der Waals surface area contributed by atoms with Crippen molar-refractivity contribution in [2.24, 2.45) is 0 Å². The Morgan fingerprint density at radius 1 is 1.14 bits per heavy atom. The first-order chi connectivity index (χ1) is 10.0. The third kappa shape index (κ3) is 4.05. The van der Waals surface area contributed by atoms with Gasteiger partial charge in [-0.05, 0) is 35.0 Å². The van der Waals surface area contributed by atoms with Crippen LogP contribution in [0.15, 0.2) is 21.5 Å². The molecule has 0 radical (unpaired) electrons. The summed E-state index contributed by atoms with van der Waals surface area (Å²) in [6.45, 7) is 2.44. The van der Waals surface area contributed by atoms with Crippen LogP contribution in [0.25, 0.3) is 0 Å². The summed E-state index contributed by atoms with van der Waals surface area (Å²) in [5, 5.41) is 3.19. The monoisotopic (exact) mass is 414 g/mol. The molecule has 0 atom stereocenters. The minimum absolute atomic E-state index is 0. The van der Waals surface area contributed by atoms with Crippen molar-refractivity contribution in [1.29, 1.82) is 0 Å². The largest absolute Gasteiger partial charge is 0.495 e. The third-order valence-electron chi connectivity index (χ3n) is 3.35. The van der Waals surface area contributed by atoms with Crippen LogP contribution in [-0.2, 0) is 10.0 Å². The van der Waals surface area contributed by atoms with E-state index in [2.05, 4.69) is 21.2 Å². The van der Waals surface area contributed by atoms with Crippen molar-refractivity contribution >= 4 is 38.4 Å². The van der Waals surface area contributed by atoms with Crippen LogP contribution in [-0.4, -0.2) is 53.1 Å². The Balaban J connectivity index is 0.00000242. The first kappa shape index (κ1) is 19.5. The number of benzene rings is 1. The molecule has 1 aliphatic heterocycles. The van der Waals surface area contributed by atoms with E-state index in [1.807, 2.05) is 0 Å². The van der Waals surface area contributed by atoms with Gasteiger partial charge in [-0.3, -0.25) is 0 Å². The molecule has 1 aromatic rings. The summed E-state index contributed by atoms with van der Waals surface area (Å²) in [6.07, 6.45) is 0.791. The second-order valence-electron chi connectivity index (χ2n) is 4.65. The van der Waals surface area contributed by atoms with Gasteiger partial charge in [0.25, 0.3) is 0 Å². The quantitative estimate of drug-likeness (QED) is 0.813. The van der Waals surface area contributed by atoms with Gasteiger partial charge in [-0.2, -0.15) is 4.31 Å². The van der Waals surface area contributed by atoms with Crippen molar-refractivity contribution in [2.45, 2.75) is 11.3 Å². The summed E-state index contributed by atoms with van der Waals surface area (Å²) in [5.74, 6) is 0.815. The molecule has 0 aliphatic carbocycles.